The van der Waals surface area contributed by atoms with Gasteiger partial charge in [-0.1, -0.05) is 51.1 Å². The van der Waals surface area contributed by atoms with Gasteiger partial charge in [-0.05, 0) is 41.9 Å². The normalized spacial score (nSPS) is 13.1. The van der Waals surface area contributed by atoms with E-state index in [0.29, 0.717) is 12.8 Å². The number of benzene rings is 1. The first-order chi connectivity index (χ1) is 11.0. The monoisotopic (exact) mass is 317 g/mol. The number of hydrogen-bond acceptors (Lipinski definition) is 2. The van der Waals surface area contributed by atoms with Crippen molar-refractivity contribution in [3.63, 3.8) is 0 Å². The summed E-state index contributed by atoms with van der Waals surface area (Å²) in [7, 11) is 0. The fraction of sp³-hybridized carbons (Fsp3) is 0.474. The van der Waals surface area contributed by atoms with Crippen LogP contribution in [0.2, 0.25) is 0 Å². The molecule has 1 amide bonds. The fourth-order valence-electron chi connectivity index (χ4n) is 2.76. The highest BCUT2D eigenvalue weighted by Crippen LogP contribution is 2.25. The molecule has 0 saturated carbocycles. The van der Waals surface area contributed by atoms with E-state index in [2.05, 4.69) is 31.0 Å². The average Bonchev–Trinajstić information content (AvgIpc) is 2.52. The predicted molar refractivity (Wildman–Crippen MR) is 93.1 cm³/mol. The van der Waals surface area contributed by atoms with Gasteiger partial charge in [0.05, 0.1) is 6.42 Å². The number of unbranched alkanes of at least 4 members (excludes halogenated alkanes) is 1. The molecule has 0 fully saturated rings. The zero-order chi connectivity index (χ0) is 17.2. The molecule has 0 bridgehead atoms. The number of nitrogens with one attached hydrogen (secondary N) is 1. The molecule has 1 unspecified atom stereocenters. The Labute approximate surface area is 138 Å². The lowest BCUT2D eigenvalue weighted by Gasteiger charge is -2.23. The zero-order valence-corrected chi connectivity index (χ0v) is 14.0. The van der Waals surface area contributed by atoms with E-state index in [4.69, 9.17) is 5.11 Å². The average molecular weight is 317 g/mol. The van der Waals surface area contributed by atoms with Crippen molar-refractivity contribution < 1.29 is 14.7 Å². The first kappa shape index (κ1) is 18.9. The number of carbonyl (C=O) groups is 2. The Bertz CT molecular complexity index is 539. The number of rotatable bonds is 11. The van der Waals surface area contributed by atoms with E-state index < -0.39 is 5.97 Å². The number of amides is 1. The summed E-state index contributed by atoms with van der Waals surface area (Å²) in [5.74, 6) is -0.881. The molecular formula is C19H27NO3. The van der Waals surface area contributed by atoms with Crippen LogP contribution in [0.4, 0.5) is 0 Å². The van der Waals surface area contributed by atoms with Crippen LogP contribution in [0, 0.1) is 5.92 Å². The highest BCUT2D eigenvalue weighted by atomic mass is 16.4. The Morgan fingerprint density at radius 3 is 2.70 bits per heavy atom. The van der Waals surface area contributed by atoms with Crippen LogP contribution >= 0.6 is 0 Å². The van der Waals surface area contributed by atoms with Gasteiger partial charge < -0.3 is 10.4 Å². The molecular weight excluding hydrogens is 290 g/mol. The van der Waals surface area contributed by atoms with E-state index in [9.17, 15) is 9.59 Å². The van der Waals surface area contributed by atoms with Crippen molar-refractivity contribution in [1.82, 2.24) is 5.32 Å². The van der Waals surface area contributed by atoms with E-state index in [1.165, 1.54) is 0 Å². The van der Waals surface area contributed by atoms with Crippen molar-refractivity contribution in [1.29, 1.82) is 0 Å². The van der Waals surface area contributed by atoms with E-state index in [1.807, 2.05) is 19.1 Å². The van der Waals surface area contributed by atoms with Crippen LogP contribution in [0.15, 0.2) is 30.8 Å². The summed E-state index contributed by atoms with van der Waals surface area (Å²) in [6.07, 6.45) is 4.42. The van der Waals surface area contributed by atoms with Crippen LogP contribution in [0.1, 0.15) is 50.7 Å². The third-order valence-electron chi connectivity index (χ3n) is 4.14. The Balaban J connectivity index is 2.87. The lowest BCUT2D eigenvalue weighted by atomic mass is 9.87. The van der Waals surface area contributed by atoms with Crippen LogP contribution in [-0.4, -0.2) is 23.5 Å². The summed E-state index contributed by atoms with van der Waals surface area (Å²) in [6.45, 7) is 8.32. The summed E-state index contributed by atoms with van der Waals surface area (Å²) < 4.78 is 0. The summed E-state index contributed by atoms with van der Waals surface area (Å²) in [5, 5.41) is 11.6. The summed E-state index contributed by atoms with van der Waals surface area (Å²) in [6, 6.07) is 7.74. The van der Waals surface area contributed by atoms with Gasteiger partial charge in [-0.2, -0.15) is 0 Å². The van der Waals surface area contributed by atoms with Gasteiger partial charge in [0.15, 0.2) is 0 Å². The molecule has 2 N–H and O–H groups in total. The minimum absolute atomic E-state index is 0.0245. The molecule has 0 aliphatic carbocycles. The molecule has 0 spiro atoms. The summed E-state index contributed by atoms with van der Waals surface area (Å²) in [5.41, 5.74) is 3.42. The lowest BCUT2D eigenvalue weighted by Crippen LogP contribution is -2.37. The van der Waals surface area contributed by atoms with Crippen LogP contribution < -0.4 is 5.32 Å². The molecule has 1 aromatic rings. The first-order valence-electron chi connectivity index (χ1n) is 8.17. The van der Waals surface area contributed by atoms with Gasteiger partial charge in [0.1, 0.15) is 0 Å². The smallest absolute Gasteiger partial charge is 0.305 e. The van der Waals surface area contributed by atoms with Crippen molar-refractivity contribution in [3.8, 4) is 0 Å². The van der Waals surface area contributed by atoms with Gasteiger partial charge in [0.25, 0.3) is 0 Å². The van der Waals surface area contributed by atoms with Gasteiger partial charge in [-0.3, -0.25) is 9.59 Å². The Kier molecular flexibility index (Phi) is 8.09. The molecule has 0 saturated heterocycles. The van der Waals surface area contributed by atoms with Gasteiger partial charge in [0.2, 0.25) is 6.41 Å². The van der Waals surface area contributed by atoms with E-state index in [1.54, 1.807) is 0 Å². The number of allylic oxidation sites excluding steroid dienone is 1. The van der Waals surface area contributed by atoms with E-state index in [0.717, 1.165) is 36.0 Å². The largest absolute Gasteiger partial charge is 0.481 e. The van der Waals surface area contributed by atoms with Crippen molar-refractivity contribution in [3.05, 3.63) is 42.0 Å². The van der Waals surface area contributed by atoms with E-state index >= 15 is 0 Å². The Morgan fingerprint density at radius 2 is 2.09 bits per heavy atom. The quantitative estimate of drug-likeness (QED) is 0.612. The molecule has 0 aliphatic rings. The van der Waals surface area contributed by atoms with Gasteiger partial charge >= 0.3 is 5.97 Å². The Hall–Kier alpha value is -2.10. The molecule has 0 aliphatic heterocycles. The van der Waals surface area contributed by atoms with Crippen LogP contribution in [0.5, 0.6) is 0 Å². The molecule has 0 heterocycles. The lowest BCUT2D eigenvalue weighted by molar-refractivity contribution is -0.137. The highest BCUT2D eigenvalue weighted by molar-refractivity contribution is 5.68. The number of aliphatic carboxylic acids is 1. The molecule has 23 heavy (non-hydrogen) atoms. The van der Waals surface area contributed by atoms with Crippen molar-refractivity contribution in [2.45, 2.75) is 52.0 Å². The van der Waals surface area contributed by atoms with Crippen LogP contribution in [0.3, 0.4) is 0 Å². The third kappa shape index (κ3) is 6.27. The maximum Gasteiger partial charge on any atom is 0.305 e. The molecule has 0 aromatic heterocycles. The summed E-state index contributed by atoms with van der Waals surface area (Å²) in [4.78, 5) is 21.7. The standard InChI is InChI=1S/C19H27NO3/c1-4-5-8-14(2)17-10-7-6-9-16(17)11-15(3)18(20-13-21)12-19(22)23/h6-7,9-10,13,15,18H,2,4-5,8,11-12H2,1,3H3,(H,20,21)(H,22,23)/t15?,18-/m1/s1. The predicted octanol–water partition coefficient (Wildman–Crippen LogP) is 3.66. The number of carboxylic acid groups (broad SMARTS) is 1. The molecule has 4 nitrogen and oxygen atoms in total. The SMILES string of the molecule is C=C(CCCC)c1ccccc1CC(C)[C@@H](CC(=O)O)NC=O. The molecule has 1 aromatic carbocycles. The molecule has 0 radical (unpaired) electrons. The topological polar surface area (TPSA) is 66.4 Å². The second-order valence-corrected chi connectivity index (χ2v) is 6.03. The van der Waals surface area contributed by atoms with Gasteiger partial charge in [-0.15, -0.1) is 0 Å². The first-order valence-corrected chi connectivity index (χ1v) is 8.17. The number of carboxylic acids is 1. The van der Waals surface area contributed by atoms with Crippen LogP contribution in [0.25, 0.3) is 5.57 Å². The van der Waals surface area contributed by atoms with Crippen LogP contribution in [-0.2, 0) is 16.0 Å². The van der Waals surface area contributed by atoms with Crippen molar-refractivity contribution in [2.24, 2.45) is 5.92 Å². The number of hydrogen-bond donors (Lipinski definition) is 2. The van der Waals surface area contributed by atoms with Gasteiger partial charge in [0, 0.05) is 6.04 Å². The number of carbonyl (C=O) groups excluding carboxylic acids is 1. The molecule has 1 rings (SSSR count). The maximum atomic E-state index is 11.0. The second kappa shape index (κ2) is 9.82. The molecule has 2 atom stereocenters. The minimum Gasteiger partial charge on any atom is -0.481 e. The van der Waals surface area contributed by atoms with Crippen molar-refractivity contribution in [2.75, 3.05) is 0 Å². The Morgan fingerprint density at radius 1 is 1.39 bits per heavy atom. The van der Waals surface area contributed by atoms with Gasteiger partial charge in [-0.25, -0.2) is 0 Å². The van der Waals surface area contributed by atoms with E-state index in [-0.39, 0.29) is 18.4 Å². The zero-order valence-electron chi connectivity index (χ0n) is 14.0. The second-order valence-electron chi connectivity index (χ2n) is 6.03. The maximum absolute atomic E-state index is 11.0. The molecule has 4 heteroatoms. The fourth-order valence-corrected chi connectivity index (χ4v) is 2.76. The van der Waals surface area contributed by atoms with Crippen molar-refractivity contribution >= 4 is 18.0 Å². The molecule has 126 valence electrons. The minimum atomic E-state index is -0.906. The highest BCUT2D eigenvalue weighted by Gasteiger charge is 2.21. The summed E-state index contributed by atoms with van der Waals surface area (Å²) >= 11 is 0. The third-order valence-corrected chi connectivity index (χ3v) is 4.14.